The van der Waals surface area contributed by atoms with Gasteiger partial charge in [-0.15, -0.1) is 0 Å². The first kappa shape index (κ1) is 14.8. The van der Waals surface area contributed by atoms with Crippen molar-refractivity contribution in [1.82, 2.24) is 9.97 Å². The van der Waals surface area contributed by atoms with E-state index in [4.69, 9.17) is 0 Å². The summed E-state index contributed by atoms with van der Waals surface area (Å²) in [5.41, 5.74) is -0.113. The number of nitrogens with one attached hydrogen (secondary N) is 1. The Hall–Kier alpha value is -3.15. The van der Waals surface area contributed by atoms with Crippen LogP contribution in [0, 0.1) is 11.6 Å². The van der Waals surface area contributed by atoms with Gasteiger partial charge in [-0.1, -0.05) is 12.1 Å². The summed E-state index contributed by atoms with van der Waals surface area (Å²) in [5, 5.41) is 0.431. The van der Waals surface area contributed by atoms with E-state index in [-0.39, 0.29) is 16.9 Å². The smallest absolute Gasteiger partial charge is 0.259 e. The van der Waals surface area contributed by atoms with E-state index < -0.39 is 17.4 Å². The van der Waals surface area contributed by atoms with Gasteiger partial charge in [0.25, 0.3) is 5.56 Å². The average Bonchev–Trinajstić information content (AvgIpc) is 2.53. The molecule has 6 heteroatoms. The predicted octanol–water partition coefficient (Wildman–Crippen LogP) is 3.10. The Bertz CT molecular complexity index is 993. The lowest BCUT2D eigenvalue weighted by atomic mass is 10.1. The molecule has 0 fully saturated rings. The second kappa shape index (κ2) is 5.92. The molecule has 114 valence electrons. The summed E-state index contributed by atoms with van der Waals surface area (Å²) in [4.78, 5) is 30.5. The normalized spacial score (nSPS) is 11.2. The Balaban J connectivity index is 1.93. The van der Waals surface area contributed by atoms with Crippen molar-refractivity contribution in [3.05, 3.63) is 81.9 Å². The number of carbonyl (C=O) groups is 1. The van der Waals surface area contributed by atoms with Crippen LogP contribution in [0.2, 0.25) is 0 Å². The van der Waals surface area contributed by atoms with E-state index in [1.165, 1.54) is 6.08 Å². The second-order valence-electron chi connectivity index (χ2n) is 4.79. The summed E-state index contributed by atoms with van der Waals surface area (Å²) in [5.74, 6) is -2.19. The molecule has 1 N–H and O–H groups in total. The molecule has 0 aliphatic rings. The van der Waals surface area contributed by atoms with Crippen molar-refractivity contribution < 1.29 is 13.6 Å². The number of carbonyl (C=O) groups excluding carboxylic acids is 1. The van der Waals surface area contributed by atoms with Crippen molar-refractivity contribution in [3.8, 4) is 0 Å². The highest BCUT2D eigenvalue weighted by atomic mass is 19.1. The molecule has 0 aliphatic heterocycles. The van der Waals surface area contributed by atoms with Crippen molar-refractivity contribution in [3.63, 3.8) is 0 Å². The van der Waals surface area contributed by atoms with E-state index in [0.717, 1.165) is 18.2 Å². The second-order valence-corrected chi connectivity index (χ2v) is 4.79. The van der Waals surface area contributed by atoms with Gasteiger partial charge in [-0.25, -0.2) is 13.8 Å². The molecule has 0 bridgehead atoms. The molecule has 1 aromatic heterocycles. The Morgan fingerprint density at radius 3 is 2.70 bits per heavy atom. The molecule has 1 heterocycles. The maximum absolute atomic E-state index is 13.5. The molecule has 0 radical (unpaired) electrons. The van der Waals surface area contributed by atoms with Crippen LogP contribution in [0.4, 0.5) is 8.78 Å². The van der Waals surface area contributed by atoms with Gasteiger partial charge in [-0.05, 0) is 36.4 Å². The van der Waals surface area contributed by atoms with Crippen LogP contribution in [-0.2, 0) is 0 Å². The van der Waals surface area contributed by atoms with Gasteiger partial charge in [-0.3, -0.25) is 9.59 Å². The number of para-hydroxylation sites is 1. The summed E-state index contributed by atoms with van der Waals surface area (Å²) in [6, 6.07) is 9.46. The Labute approximate surface area is 129 Å². The van der Waals surface area contributed by atoms with Gasteiger partial charge in [0.1, 0.15) is 17.5 Å². The van der Waals surface area contributed by atoms with E-state index in [0.29, 0.717) is 17.0 Å². The fraction of sp³-hybridized carbons (Fsp3) is 0. The molecule has 0 atom stereocenters. The minimum atomic E-state index is -0.945. The molecule has 2 aromatic carbocycles. The largest absolute Gasteiger partial charge is 0.306 e. The fourth-order valence-electron chi connectivity index (χ4n) is 2.12. The molecule has 0 saturated heterocycles. The third-order valence-electron chi connectivity index (χ3n) is 3.22. The van der Waals surface area contributed by atoms with E-state index in [2.05, 4.69) is 9.97 Å². The average molecular weight is 312 g/mol. The van der Waals surface area contributed by atoms with Crippen LogP contribution in [0.5, 0.6) is 0 Å². The highest BCUT2D eigenvalue weighted by Gasteiger charge is 2.10. The van der Waals surface area contributed by atoms with Crippen LogP contribution >= 0.6 is 0 Å². The van der Waals surface area contributed by atoms with Gasteiger partial charge in [0.05, 0.1) is 16.5 Å². The Morgan fingerprint density at radius 1 is 1.13 bits per heavy atom. The number of ketones is 1. The number of rotatable bonds is 3. The SMILES string of the molecule is O=C(/C=C/c1nc2ccccc2c(=O)[nH]1)c1ccc(F)cc1F. The zero-order valence-corrected chi connectivity index (χ0v) is 11.7. The number of H-pyrrole nitrogens is 1. The number of hydrogen-bond acceptors (Lipinski definition) is 3. The first-order chi connectivity index (χ1) is 11.0. The minimum absolute atomic E-state index is 0.171. The fourth-order valence-corrected chi connectivity index (χ4v) is 2.12. The maximum atomic E-state index is 13.5. The van der Waals surface area contributed by atoms with Crippen LogP contribution < -0.4 is 5.56 Å². The van der Waals surface area contributed by atoms with Crippen molar-refractivity contribution in [2.45, 2.75) is 0 Å². The zero-order chi connectivity index (χ0) is 16.4. The topological polar surface area (TPSA) is 62.8 Å². The van der Waals surface area contributed by atoms with Crippen LogP contribution in [0.1, 0.15) is 16.2 Å². The molecule has 0 unspecified atom stereocenters. The standard InChI is InChI=1S/C17H10F2N2O2/c18-10-5-6-11(13(19)9-10)15(22)7-8-16-20-14-4-2-1-3-12(14)17(23)21-16/h1-9H,(H,20,21,23)/b8-7+. The monoisotopic (exact) mass is 312 g/mol. The molecule has 3 rings (SSSR count). The van der Waals surface area contributed by atoms with Crippen molar-refractivity contribution in [1.29, 1.82) is 0 Å². The molecule has 23 heavy (non-hydrogen) atoms. The zero-order valence-electron chi connectivity index (χ0n) is 11.7. The molecule has 0 aliphatic carbocycles. The summed E-state index contributed by atoms with van der Waals surface area (Å²) < 4.78 is 26.4. The summed E-state index contributed by atoms with van der Waals surface area (Å²) in [6.45, 7) is 0. The van der Waals surface area contributed by atoms with Crippen LogP contribution in [0.3, 0.4) is 0 Å². The van der Waals surface area contributed by atoms with E-state index in [9.17, 15) is 18.4 Å². The van der Waals surface area contributed by atoms with E-state index in [1.807, 2.05) is 0 Å². The van der Waals surface area contributed by atoms with Crippen molar-refractivity contribution in [2.24, 2.45) is 0 Å². The predicted molar refractivity (Wildman–Crippen MR) is 82.1 cm³/mol. The van der Waals surface area contributed by atoms with E-state index >= 15 is 0 Å². The molecular formula is C17H10F2N2O2. The number of aromatic nitrogens is 2. The minimum Gasteiger partial charge on any atom is -0.306 e. The third kappa shape index (κ3) is 3.06. The molecule has 3 aromatic rings. The number of hydrogen-bond donors (Lipinski definition) is 1. The lowest BCUT2D eigenvalue weighted by Gasteiger charge is -2.00. The lowest BCUT2D eigenvalue weighted by Crippen LogP contribution is -2.09. The lowest BCUT2D eigenvalue weighted by molar-refractivity contribution is 0.104. The van der Waals surface area contributed by atoms with Crippen LogP contribution in [0.15, 0.2) is 53.3 Å². The summed E-state index contributed by atoms with van der Waals surface area (Å²) in [7, 11) is 0. The Morgan fingerprint density at radius 2 is 1.91 bits per heavy atom. The summed E-state index contributed by atoms with van der Waals surface area (Å²) >= 11 is 0. The first-order valence-electron chi connectivity index (χ1n) is 6.71. The number of fused-ring (bicyclic) bond motifs is 1. The van der Waals surface area contributed by atoms with Gasteiger partial charge in [0.2, 0.25) is 0 Å². The van der Waals surface area contributed by atoms with Gasteiger partial charge in [-0.2, -0.15) is 0 Å². The molecule has 0 spiro atoms. The third-order valence-corrected chi connectivity index (χ3v) is 3.22. The molecule has 0 amide bonds. The van der Waals surface area contributed by atoms with Crippen LogP contribution in [0.25, 0.3) is 17.0 Å². The first-order valence-corrected chi connectivity index (χ1v) is 6.71. The number of benzene rings is 2. The van der Waals surface area contributed by atoms with Crippen molar-refractivity contribution >= 4 is 22.8 Å². The number of allylic oxidation sites excluding steroid dienone is 1. The number of aromatic amines is 1. The highest BCUT2D eigenvalue weighted by molar-refractivity contribution is 6.06. The van der Waals surface area contributed by atoms with Crippen molar-refractivity contribution in [2.75, 3.05) is 0 Å². The summed E-state index contributed by atoms with van der Waals surface area (Å²) in [6.07, 6.45) is 2.35. The van der Waals surface area contributed by atoms with Gasteiger partial charge in [0, 0.05) is 6.07 Å². The van der Waals surface area contributed by atoms with Gasteiger partial charge >= 0.3 is 0 Å². The maximum Gasteiger partial charge on any atom is 0.259 e. The Kier molecular flexibility index (Phi) is 3.80. The molecule has 4 nitrogen and oxygen atoms in total. The quantitative estimate of drug-likeness (QED) is 0.597. The van der Waals surface area contributed by atoms with Gasteiger partial charge < -0.3 is 4.98 Å². The molecular weight excluding hydrogens is 302 g/mol. The molecule has 0 saturated carbocycles. The van der Waals surface area contributed by atoms with Gasteiger partial charge in [0.15, 0.2) is 5.78 Å². The number of halogens is 2. The van der Waals surface area contributed by atoms with E-state index in [1.54, 1.807) is 24.3 Å². The number of nitrogens with zero attached hydrogens (tertiary/aromatic N) is 1. The highest BCUT2D eigenvalue weighted by Crippen LogP contribution is 2.12. The van der Waals surface area contributed by atoms with Crippen LogP contribution in [-0.4, -0.2) is 15.8 Å².